The Morgan fingerprint density at radius 1 is 1.04 bits per heavy atom. The Kier molecular flexibility index (Phi) is 5.25. The summed E-state index contributed by atoms with van der Waals surface area (Å²) in [5, 5.41) is 8.68. The largest absolute Gasteiger partial charge is 0.311 e. The van der Waals surface area contributed by atoms with E-state index in [1.54, 1.807) is 30.3 Å². The summed E-state index contributed by atoms with van der Waals surface area (Å²) in [7, 11) is -3.64. The minimum atomic E-state index is -3.64. The SMILES string of the molecule is Cc1cc(S(=O)(=O)Nc2ccc(-c3nnc4n3CCCCC4)cc2)ccc1Br. The average Bonchev–Trinajstić information content (AvgIpc) is 2.92. The highest BCUT2D eigenvalue weighted by Gasteiger charge is 2.17. The van der Waals surface area contributed by atoms with Gasteiger partial charge >= 0.3 is 0 Å². The van der Waals surface area contributed by atoms with Gasteiger partial charge in [-0.05, 0) is 67.8 Å². The third-order valence-electron chi connectivity index (χ3n) is 4.94. The van der Waals surface area contributed by atoms with Crippen LogP contribution in [0.2, 0.25) is 0 Å². The molecule has 0 amide bonds. The fraction of sp³-hybridized carbons (Fsp3) is 0.300. The van der Waals surface area contributed by atoms with E-state index in [1.807, 2.05) is 19.1 Å². The van der Waals surface area contributed by atoms with Gasteiger partial charge in [-0.25, -0.2) is 8.42 Å². The number of sulfonamides is 1. The molecule has 0 spiro atoms. The topological polar surface area (TPSA) is 76.9 Å². The fourth-order valence-electron chi connectivity index (χ4n) is 3.38. The van der Waals surface area contributed by atoms with E-state index < -0.39 is 10.0 Å². The quantitative estimate of drug-likeness (QED) is 0.619. The number of rotatable bonds is 4. The van der Waals surface area contributed by atoms with Crippen molar-refractivity contribution >= 4 is 31.6 Å². The number of nitrogens with one attached hydrogen (secondary N) is 1. The van der Waals surface area contributed by atoms with Crippen molar-refractivity contribution in [3.63, 3.8) is 0 Å². The van der Waals surface area contributed by atoms with E-state index in [-0.39, 0.29) is 4.90 Å². The summed E-state index contributed by atoms with van der Waals surface area (Å²) in [5.74, 6) is 1.87. The maximum atomic E-state index is 12.7. The maximum absolute atomic E-state index is 12.7. The fourth-order valence-corrected chi connectivity index (χ4v) is 4.77. The Balaban J connectivity index is 1.57. The van der Waals surface area contributed by atoms with Gasteiger partial charge in [0.05, 0.1) is 4.90 Å². The number of nitrogens with zero attached hydrogens (tertiary/aromatic N) is 3. The van der Waals surface area contributed by atoms with E-state index in [0.717, 1.165) is 53.1 Å². The van der Waals surface area contributed by atoms with Crippen LogP contribution < -0.4 is 4.72 Å². The van der Waals surface area contributed by atoms with Gasteiger partial charge in [-0.15, -0.1) is 10.2 Å². The average molecular weight is 461 g/mol. The van der Waals surface area contributed by atoms with Crippen LogP contribution in [-0.4, -0.2) is 23.2 Å². The van der Waals surface area contributed by atoms with Crippen molar-refractivity contribution in [3.05, 3.63) is 58.3 Å². The zero-order valence-corrected chi connectivity index (χ0v) is 17.9. The monoisotopic (exact) mass is 460 g/mol. The first-order valence-electron chi connectivity index (χ1n) is 9.25. The summed E-state index contributed by atoms with van der Waals surface area (Å²) in [5.41, 5.74) is 2.31. The number of hydrogen-bond acceptors (Lipinski definition) is 4. The first-order valence-corrected chi connectivity index (χ1v) is 11.5. The van der Waals surface area contributed by atoms with Crippen LogP contribution >= 0.6 is 15.9 Å². The third kappa shape index (κ3) is 3.84. The molecule has 8 heteroatoms. The first kappa shape index (κ1) is 19.1. The summed E-state index contributed by atoms with van der Waals surface area (Å²) in [6.45, 7) is 2.79. The molecule has 3 aromatic rings. The Labute approximate surface area is 173 Å². The number of halogens is 1. The molecule has 1 aromatic heterocycles. The molecule has 0 saturated carbocycles. The van der Waals surface area contributed by atoms with Crippen molar-refractivity contribution in [2.75, 3.05) is 4.72 Å². The molecule has 0 bridgehead atoms. The zero-order valence-electron chi connectivity index (χ0n) is 15.5. The van der Waals surface area contributed by atoms with Crippen LogP contribution in [0.4, 0.5) is 5.69 Å². The number of aryl methyl sites for hydroxylation is 2. The van der Waals surface area contributed by atoms with E-state index in [2.05, 4.69) is 35.4 Å². The molecule has 1 aliphatic heterocycles. The van der Waals surface area contributed by atoms with Crippen LogP contribution in [0.25, 0.3) is 11.4 Å². The van der Waals surface area contributed by atoms with E-state index >= 15 is 0 Å². The van der Waals surface area contributed by atoms with Gasteiger partial charge < -0.3 is 4.57 Å². The second-order valence-electron chi connectivity index (χ2n) is 7.00. The summed E-state index contributed by atoms with van der Waals surface area (Å²) in [4.78, 5) is 0.236. The normalized spacial score (nSPS) is 14.4. The van der Waals surface area contributed by atoms with Crippen LogP contribution in [0.3, 0.4) is 0 Å². The first-order chi connectivity index (χ1) is 13.4. The molecular weight excluding hydrogens is 440 g/mol. The van der Waals surface area contributed by atoms with Crippen LogP contribution in [0, 0.1) is 6.92 Å². The summed E-state index contributed by atoms with van der Waals surface area (Å²) >= 11 is 3.39. The second-order valence-corrected chi connectivity index (χ2v) is 9.53. The Hall–Kier alpha value is -2.19. The van der Waals surface area contributed by atoms with E-state index in [4.69, 9.17) is 0 Å². The molecule has 0 unspecified atom stereocenters. The lowest BCUT2D eigenvalue weighted by molar-refractivity contribution is 0.601. The molecule has 6 nitrogen and oxygen atoms in total. The lowest BCUT2D eigenvalue weighted by atomic mass is 10.2. The zero-order chi connectivity index (χ0) is 19.7. The minimum Gasteiger partial charge on any atom is -0.311 e. The van der Waals surface area contributed by atoms with Crippen molar-refractivity contribution in [2.45, 2.75) is 44.0 Å². The molecule has 1 aliphatic rings. The van der Waals surface area contributed by atoms with E-state index in [1.165, 1.54) is 6.42 Å². The minimum absolute atomic E-state index is 0.236. The highest BCUT2D eigenvalue weighted by Crippen LogP contribution is 2.26. The number of fused-ring (bicyclic) bond motifs is 1. The molecule has 0 radical (unpaired) electrons. The van der Waals surface area contributed by atoms with E-state index in [9.17, 15) is 8.42 Å². The predicted octanol–water partition coefficient (Wildman–Crippen LogP) is 4.54. The van der Waals surface area contributed by atoms with Gasteiger partial charge in [0.25, 0.3) is 10.0 Å². The molecule has 28 heavy (non-hydrogen) atoms. The van der Waals surface area contributed by atoms with Crippen molar-refractivity contribution in [1.82, 2.24) is 14.8 Å². The van der Waals surface area contributed by atoms with Crippen LogP contribution in [0.15, 0.2) is 51.8 Å². The summed E-state index contributed by atoms with van der Waals surface area (Å²) in [6, 6.07) is 12.3. The highest BCUT2D eigenvalue weighted by molar-refractivity contribution is 9.10. The molecule has 2 heterocycles. The smallest absolute Gasteiger partial charge is 0.261 e. The van der Waals surface area contributed by atoms with Crippen molar-refractivity contribution in [2.24, 2.45) is 0 Å². The maximum Gasteiger partial charge on any atom is 0.261 e. The van der Waals surface area contributed by atoms with Gasteiger partial charge in [0.2, 0.25) is 0 Å². The van der Waals surface area contributed by atoms with Gasteiger partial charge in [-0.3, -0.25) is 4.72 Å². The molecule has 1 N–H and O–H groups in total. The molecule has 0 fully saturated rings. The molecule has 0 aliphatic carbocycles. The summed E-state index contributed by atoms with van der Waals surface area (Å²) < 4.78 is 31.0. The Morgan fingerprint density at radius 2 is 1.82 bits per heavy atom. The summed E-state index contributed by atoms with van der Waals surface area (Å²) in [6.07, 6.45) is 4.44. The van der Waals surface area contributed by atoms with Crippen LogP contribution in [0.5, 0.6) is 0 Å². The molecule has 0 atom stereocenters. The highest BCUT2D eigenvalue weighted by atomic mass is 79.9. The lowest BCUT2D eigenvalue weighted by Gasteiger charge is -2.11. The third-order valence-corrected chi connectivity index (χ3v) is 7.21. The molecule has 146 valence electrons. The number of aromatic nitrogens is 3. The molecular formula is C20H21BrN4O2S. The van der Waals surface area contributed by atoms with Gasteiger partial charge in [0.15, 0.2) is 5.82 Å². The number of anilines is 1. The van der Waals surface area contributed by atoms with Gasteiger partial charge in [0, 0.05) is 28.7 Å². The van der Waals surface area contributed by atoms with E-state index in [0.29, 0.717) is 5.69 Å². The van der Waals surface area contributed by atoms with Gasteiger partial charge in [-0.2, -0.15) is 0 Å². The number of hydrogen-bond donors (Lipinski definition) is 1. The van der Waals surface area contributed by atoms with Crippen molar-refractivity contribution in [3.8, 4) is 11.4 Å². The second kappa shape index (κ2) is 7.67. The molecule has 4 rings (SSSR count). The Morgan fingerprint density at radius 3 is 2.57 bits per heavy atom. The van der Waals surface area contributed by atoms with Crippen LogP contribution in [0.1, 0.15) is 30.7 Å². The number of benzene rings is 2. The Bertz CT molecular complexity index is 1110. The van der Waals surface area contributed by atoms with Crippen molar-refractivity contribution in [1.29, 1.82) is 0 Å². The van der Waals surface area contributed by atoms with Crippen LogP contribution in [-0.2, 0) is 23.0 Å². The van der Waals surface area contributed by atoms with Crippen molar-refractivity contribution < 1.29 is 8.42 Å². The van der Waals surface area contributed by atoms with Gasteiger partial charge in [0.1, 0.15) is 5.82 Å². The predicted molar refractivity (Wildman–Crippen MR) is 113 cm³/mol. The molecule has 0 saturated heterocycles. The molecule has 2 aromatic carbocycles. The van der Waals surface area contributed by atoms with Gasteiger partial charge in [-0.1, -0.05) is 22.4 Å². The standard InChI is InChI=1S/C20H21BrN4O2S/c1-14-13-17(10-11-18(14)21)28(26,27)24-16-8-6-15(7-9-16)20-23-22-19-5-3-2-4-12-25(19)20/h6-11,13,24H,2-5,12H2,1H3. The lowest BCUT2D eigenvalue weighted by Crippen LogP contribution is -2.13.